The number of hydrogen-bond donors (Lipinski definition) is 1. The average Bonchev–Trinajstić information content (AvgIpc) is 3.06. The summed E-state index contributed by atoms with van der Waals surface area (Å²) in [5.41, 5.74) is 3.41. The lowest BCUT2D eigenvalue weighted by molar-refractivity contribution is 0.102. The third kappa shape index (κ3) is 3.57. The van der Waals surface area contributed by atoms with Gasteiger partial charge in [0.2, 0.25) is 0 Å². The van der Waals surface area contributed by atoms with Gasteiger partial charge in [0.05, 0.1) is 10.2 Å². The number of rotatable bonds is 3. The van der Waals surface area contributed by atoms with Crippen molar-refractivity contribution in [2.45, 2.75) is 0 Å². The highest BCUT2D eigenvalue weighted by atomic mass is 127. The van der Waals surface area contributed by atoms with Crippen LogP contribution in [0.25, 0.3) is 20.8 Å². The maximum atomic E-state index is 12.4. The fraction of sp³-hybridized carbons (Fsp3) is 0. The molecule has 0 saturated carbocycles. The van der Waals surface area contributed by atoms with Gasteiger partial charge in [-0.15, -0.1) is 11.3 Å². The number of carbonyl (C=O) groups excluding carboxylic acids is 1. The van der Waals surface area contributed by atoms with E-state index in [2.05, 4.69) is 39.0 Å². The van der Waals surface area contributed by atoms with E-state index in [1.54, 1.807) is 11.3 Å². The summed E-state index contributed by atoms with van der Waals surface area (Å²) < 4.78 is 2.19. The van der Waals surface area contributed by atoms with Gasteiger partial charge in [-0.1, -0.05) is 30.3 Å². The number of nitrogens with one attached hydrogen (secondary N) is 1. The summed E-state index contributed by atoms with van der Waals surface area (Å²) in [6.45, 7) is 0. The van der Waals surface area contributed by atoms with Crippen LogP contribution in [0, 0.1) is 3.57 Å². The zero-order valence-corrected chi connectivity index (χ0v) is 16.0. The molecule has 0 unspecified atom stereocenters. The number of benzene rings is 3. The number of carbonyl (C=O) groups is 1. The van der Waals surface area contributed by atoms with Crippen molar-refractivity contribution in [3.05, 3.63) is 81.9 Å². The Bertz CT molecular complexity index is 1040. The minimum atomic E-state index is -0.111. The molecule has 0 saturated heterocycles. The van der Waals surface area contributed by atoms with E-state index < -0.39 is 0 Å². The van der Waals surface area contributed by atoms with E-state index in [9.17, 15) is 4.79 Å². The third-order valence-electron chi connectivity index (χ3n) is 3.75. The van der Waals surface area contributed by atoms with E-state index in [1.807, 2.05) is 66.7 Å². The molecule has 5 heteroatoms. The van der Waals surface area contributed by atoms with Crippen molar-refractivity contribution in [2.24, 2.45) is 0 Å². The van der Waals surface area contributed by atoms with Crippen LogP contribution in [0.2, 0.25) is 0 Å². The molecule has 0 aliphatic carbocycles. The Kier molecular flexibility index (Phi) is 4.50. The van der Waals surface area contributed by atoms with Gasteiger partial charge in [0.25, 0.3) is 5.91 Å². The van der Waals surface area contributed by atoms with Gasteiger partial charge < -0.3 is 5.32 Å². The molecular weight excluding hydrogens is 443 g/mol. The molecule has 4 rings (SSSR count). The van der Waals surface area contributed by atoms with Crippen LogP contribution in [0.4, 0.5) is 5.69 Å². The first-order valence-corrected chi connectivity index (χ1v) is 9.61. The lowest BCUT2D eigenvalue weighted by atomic mass is 10.2. The van der Waals surface area contributed by atoms with Crippen molar-refractivity contribution in [1.82, 2.24) is 4.98 Å². The van der Waals surface area contributed by atoms with E-state index in [4.69, 9.17) is 0 Å². The highest BCUT2D eigenvalue weighted by molar-refractivity contribution is 14.1. The van der Waals surface area contributed by atoms with Gasteiger partial charge in [-0.05, 0) is 65.1 Å². The molecule has 0 atom stereocenters. The molecule has 4 aromatic rings. The molecule has 0 aliphatic heterocycles. The van der Waals surface area contributed by atoms with Gasteiger partial charge in [-0.3, -0.25) is 4.79 Å². The molecular formula is C20H13IN2OS. The summed E-state index contributed by atoms with van der Waals surface area (Å²) in [6, 6.07) is 23.4. The second-order valence-corrected chi connectivity index (χ2v) is 7.81. The number of anilines is 1. The Morgan fingerprint density at radius 2 is 1.80 bits per heavy atom. The molecule has 1 heterocycles. The minimum absolute atomic E-state index is 0.111. The number of thiazole rings is 1. The van der Waals surface area contributed by atoms with Crippen molar-refractivity contribution in [2.75, 3.05) is 5.32 Å². The normalized spacial score (nSPS) is 10.8. The third-order valence-corrected chi connectivity index (χ3v) is 5.50. The lowest BCUT2D eigenvalue weighted by Crippen LogP contribution is -2.11. The Labute approximate surface area is 162 Å². The van der Waals surface area contributed by atoms with Crippen LogP contribution in [0.1, 0.15) is 10.4 Å². The summed E-state index contributed by atoms with van der Waals surface area (Å²) in [5, 5.41) is 3.91. The fourth-order valence-corrected chi connectivity index (χ4v) is 4.06. The predicted octanol–water partition coefficient (Wildman–Crippen LogP) is 5.82. The van der Waals surface area contributed by atoms with Gasteiger partial charge in [0, 0.05) is 20.4 Å². The van der Waals surface area contributed by atoms with E-state index >= 15 is 0 Å². The molecule has 3 aromatic carbocycles. The molecule has 0 aliphatic rings. The molecule has 0 bridgehead atoms. The highest BCUT2D eigenvalue weighted by Crippen LogP contribution is 2.31. The maximum Gasteiger partial charge on any atom is 0.255 e. The quantitative estimate of drug-likeness (QED) is 0.395. The van der Waals surface area contributed by atoms with Crippen LogP contribution in [0.5, 0.6) is 0 Å². The Hall–Kier alpha value is -2.25. The van der Waals surface area contributed by atoms with Crippen molar-refractivity contribution in [3.63, 3.8) is 0 Å². The number of nitrogens with zero attached hydrogens (tertiary/aromatic N) is 1. The van der Waals surface area contributed by atoms with Gasteiger partial charge in [-0.25, -0.2) is 4.98 Å². The maximum absolute atomic E-state index is 12.4. The van der Waals surface area contributed by atoms with Crippen LogP contribution in [0.15, 0.2) is 72.8 Å². The first kappa shape index (κ1) is 16.2. The summed E-state index contributed by atoms with van der Waals surface area (Å²) in [5.74, 6) is -0.111. The van der Waals surface area contributed by atoms with Gasteiger partial charge in [0.1, 0.15) is 5.01 Å². The molecule has 0 radical (unpaired) electrons. The van der Waals surface area contributed by atoms with E-state index in [0.29, 0.717) is 5.56 Å². The van der Waals surface area contributed by atoms with Crippen LogP contribution in [-0.2, 0) is 0 Å². The highest BCUT2D eigenvalue weighted by Gasteiger charge is 2.09. The number of aromatic nitrogens is 1. The minimum Gasteiger partial charge on any atom is -0.322 e. The summed E-state index contributed by atoms with van der Waals surface area (Å²) in [4.78, 5) is 17.1. The number of para-hydroxylation sites is 1. The monoisotopic (exact) mass is 456 g/mol. The predicted molar refractivity (Wildman–Crippen MR) is 112 cm³/mol. The number of amides is 1. The molecule has 0 spiro atoms. The topological polar surface area (TPSA) is 42.0 Å². The Morgan fingerprint density at radius 3 is 2.64 bits per heavy atom. The molecule has 25 heavy (non-hydrogen) atoms. The van der Waals surface area contributed by atoms with E-state index in [-0.39, 0.29) is 5.91 Å². The second-order valence-electron chi connectivity index (χ2n) is 5.53. The number of fused-ring (bicyclic) bond motifs is 1. The van der Waals surface area contributed by atoms with Crippen LogP contribution in [-0.4, -0.2) is 10.9 Å². The smallest absolute Gasteiger partial charge is 0.255 e. The van der Waals surface area contributed by atoms with Gasteiger partial charge in [-0.2, -0.15) is 0 Å². The zero-order chi connectivity index (χ0) is 17.2. The standard InChI is InChI=1S/C20H13IN2OS/c21-15-7-3-5-13(11-15)19(24)22-16-8-4-6-14(12-16)20-23-17-9-1-2-10-18(17)25-20/h1-12H,(H,22,24). The Balaban J connectivity index is 1.62. The SMILES string of the molecule is O=C(Nc1cccc(-c2nc3ccccc3s2)c1)c1cccc(I)c1. The fourth-order valence-electron chi connectivity index (χ4n) is 2.56. The van der Waals surface area contributed by atoms with Gasteiger partial charge >= 0.3 is 0 Å². The molecule has 1 N–H and O–H groups in total. The zero-order valence-electron chi connectivity index (χ0n) is 13.1. The summed E-state index contributed by atoms with van der Waals surface area (Å²) in [7, 11) is 0. The number of halogens is 1. The van der Waals surface area contributed by atoms with E-state index in [0.717, 1.165) is 30.0 Å². The van der Waals surface area contributed by atoms with Crippen molar-refractivity contribution >= 4 is 55.7 Å². The van der Waals surface area contributed by atoms with Crippen LogP contribution in [0.3, 0.4) is 0 Å². The average molecular weight is 456 g/mol. The lowest BCUT2D eigenvalue weighted by Gasteiger charge is -2.07. The number of hydrogen-bond acceptors (Lipinski definition) is 3. The molecule has 3 nitrogen and oxygen atoms in total. The van der Waals surface area contributed by atoms with Crippen molar-refractivity contribution in [1.29, 1.82) is 0 Å². The Morgan fingerprint density at radius 1 is 0.960 bits per heavy atom. The van der Waals surface area contributed by atoms with Crippen molar-refractivity contribution in [3.8, 4) is 10.6 Å². The summed E-state index contributed by atoms with van der Waals surface area (Å²) in [6.07, 6.45) is 0. The van der Waals surface area contributed by atoms with Crippen LogP contribution >= 0.6 is 33.9 Å². The van der Waals surface area contributed by atoms with E-state index in [1.165, 1.54) is 0 Å². The largest absolute Gasteiger partial charge is 0.322 e. The first-order valence-electron chi connectivity index (χ1n) is 7.72. The van der Waals surface area contributed by atoms with Crippen molar-refractivity contribution < 1.29 is 4.79 Å². The molecule has 122 valence electrons. The second kappa shape index (κ2) is 6.93. The molecule has 1 amide bonds. The van der Waals surface area contributed by atoms with Crippen LogP contribution < -0.4 is 5.32 Å². The first-order chi connectivity index (χ1) is 12.2. The molecule has 0 fully saturated rings. The molecule has 1 aromatic heterocycles. The summed E-state index contributed by atoms with van der Waals surface area (Å²) >= 11 is 3.85. The van der Waals surface area contributed by atoms with Gasteiger partial charge in [0.15, 0.2) is 0 Å².